The van der Waals surface area contributed by atoms with Crippen molar-refractivity contribution in [3.63, 3.8) is 0 Å². The Kier molecular flexibility index (Phi) is 9.67. The van der Waals surface area contributed by atoms with Gasteiger partial charge in [-0.05, 0) is 136 Å². The average molecular weight is 777 g/mol. The molecule has 296 valence electrons. The minimum absolute atomic E-state index is 0.291. The van der Waals surface area contributed by atoms with Gasteiger partial charge in [-0.3, -0.25) is 0 Å². The van der Waals surface area contributed by atoms with Crippen LogP contribution in [-0.2, 0) is 10.8 Å². The molecule has 0 heteroatoms. The van der Waals surface area contributed by atoms with Crippen LogP contribution >= 0.6 is 0 Å². The largest absolute Gasteiger partial charge is 0.0714 e. The van der Waals surface area contributed by atoms with Gasteiger partial charge in [0.15, 0.2) is 0 Å². The Bertz CT molecular complexity index is 2740. The van der Waals surface area contributed by atoms with Crippen LogP contribution in [0.3, 0.4) is 0 Å². The third-order valence-corrected chi connectivity index (χ3v) is 13.1. The molecule has 8 aromatic carbocycles. The van der Waals surface area contributed by atoms with Crippen LogP contribution in [0.25, 0.3) is 22.3 Å². The molecule has 0 unspecified atom stereocenters. The number of aryl methyl sites for hydroxylation is 10. The minimum Gasteiger partial charge on any atom is -0.0617 e. The predicted octanol–water partition coefficient (Wildman–Crippen LogP) is 15.2. The highest BCUT2D eigenvalue weighted by Gasteiger charge is 2.48. The summed E-state index contributed by atoms with van der Waals surface area (Å²) in [7, 11) is 0. The van der Waals surface area contributed by atoms with E-state index < -0.39 is 0 Å². The van der Waals surface area contributed by atoms with Crippen LogP contribution in [0.15, 0.2) is 158 Å². The molecule has 0 aliphatic heterocycles. The van der Waals surface area contributed by atoms with Crippen molar-refractivity contribution < 1.29 is 0 Å². The highest BCUT2D eigenvalue weighted by atomic mass is 14.5. The van der Waals surface area contributed by atoms with E-state index >= 15 is 0 Å². The fraction of sp³-hybridized carbons (Fsp3) is 0.200. The molecule has 0 amide bonds. The zero-order valence-electron chi connectivity index (χ0n) is 37.0. The SMILES string of the molecule is Cc1cc(C)cc(C2(c3cc(C)cc(C)c3)c3cc(C)ccc3-c3ccc(C)cc32)c1.Cc1cccc(C2(c3cccc(C)c3)c3cc(C)ccc3-c3ccc(C)cc32)c1. The normalized spacial score (nSPS) is 13.8. The van der Waals surface area contributed by atoms with Crippen molar-refractivity contribution in [2.45, 2.75) is 80.1 Å². The maximum atomic E-state index is 2.42. The highest BCUT2D eigenvalue weighted by molar-refractivity contribution is 5.88. The summed E-state index contributed by atoms with van der Waals surface area (Å²) in [5, 5.41) is 0. The Morgan fingerprint density at radius 2 is 0.467 bits per heavy atom. The van der Waals surface area contributed by atoms with Crippen LogP contribution in [0.4, 0.5) is 0 Å². The molecule has 0 nitrogen and oxygen atoms in total. The van der Waals surface area contributed by atoms with E-state index in [9.17, 15) is 0 Å². The van der Waals surface area contributed by atoms with Gasteiger partial charge in [0.25, 0.3) is 0 Å². The van der Waals surface area contributed by atoms with Gasteiger partial charge in [0, 0.05) is 0 Å². The minimum atomic E-state index is -0.309. The molecule has 10 rings (SSSR count). The molecule has 0 heterocycles. The topological polar surface area (TPSA) is 0 Å². The quantitative estimate of drug-likeness (QED) is 0.167. The molecule has 0 radical (unpaired) electrons. The van der Waals surface area contributed by atoms with Crippen molar-refractivity contribution in [1.82, 2.24) is 0 Å². The highest BCUT2D eigenvalue weighted by Crippen LogP contribution is 2.58. The van der Waals surface area contributed by atoms with Gasteiger partial charge in [0.1, 0.15) is 0 Å². The zero-order chi connectivity index (χ0) is 42.1. The lowest BCUT2D eigenvalue weighted by atomic mass is 9.66. The molecule has 2 aliphatic carbocycles. The van der Waals surface area contributed by atoms with Crippen molar-refractivity contribution in [2.75, 3.05) is 0 Å². The predicted molar refractivity (Wildman–Crippen MR) is 255 cm³/mol. The fourth-order valence-electron chi connectivity index (χ4n) is 10.8. The summed E-state index contributed by atoms with van der Waals surface area (Å²) in [5.74, 6) is 0. The molecule has 0 bridgehead atoms. The van der Waals surface area contributed by atoms with Crippen molar-refractivity contribution in [1.29, 1.82) is 0 Å². The Hall–Kier alpha value is -6.24. The molecule has 8 aromatic rings. The molecule has 0 atom stereocenters. The number of rotatable bonds is 4. The van der Waals surface area contributed by atoms with Crippen LogP contribution in [0.2, 0.25) is 0 Å². The van der Waals surface area contributed by atoms with Crippen molar-refractivity contribution in [3.05, 3.63) is 258 Å². The molecular weight excluding hydrogens is 721 g/mol. The van der Waals surface area contributed by atoms with Gasteiger partial charge < -0.3 is 0 Å². The lowest BCUT2D eigenvalue weighted by molar-refractivity contribution is 0.762. The van der Waals surface area contributed by atoms with E-state index in [0.29, 0.717) is 0 Å². The van der Waals surface area contributed by atoms with Gasteiger partial charge in [0.2, 0.25) is 0 Å². The van der Waals surface area contributed by atoms with E-state index in [2.05, 4.69) is 227 Å². The van der Waals surface area contributed by atoms with Gasteiger partial charge in [-0.15, -0.1) is 0 Å². The van der Waals surface area contributed by atoms with E-state index in [1.54, 1.807) is 0 Å². The van der Waals surface area contributed by atoms with Crippen LogP contribution in [0.5, 0.6) is 0 Å². The standard InChI is InChI=1S/C31H30.C29H26/c1-19-7-9-27-28-10-8-20(2)18-30(28)31(29(27)17-19,25-13-21(3)11-22(4)14-25)26-15-23(5)12-24(6)16-26;1-19-7-5-9-23(15-19)29(24-10-6-8-20(2)16-24)27-17-21(3)11-13-25(27)26-14-12-22(4)18-28(26)29/h7-18H,1-6H3;5-18H,1-4H3. The van der Waals surface area contributed by atoms with Crippen molar-refractivity contribution >= 4 is 0 Å². The summed E-state index contributed by atoms with van der Waals surface area (Å²) < 4.78 is 0. The zero-order valence-corrected chi connectivity index (χ0v) is 37.0. The second kappa shape index (κ2) is 14.8. The van der Waals surface area contributed by atoms with Crippen LogP contribution in [0, 0.1) is 69.2 Å². The first-order valence-electron chi connectivity index (χ1n) is 21.6. The summed E-state index contributed by atoms with van der Waals surface area (Å²) in [4.78, 5) is 0. The molecule has 0 N–H and O–H groups in total. The van der Waals surface area contributed by atoms with Gasteiger partial charge in [-0.1, -0.05) is 213 Å². The van der Waals surface area contributed by atoms with Crippen LogP contribution < -0.4 is 0 Å². The maximum Gasteiger partial charge on any atom is 0.0714 e. The summed E-state index contributed by atoms with van der Waals surface area (Å²) >= 11 is 0. The van der Waals surface area contributed by atoms with E-state index in [4.69, 9.17) is 0 Å². The molecule has 0 fully saturated rings. The number of hydrogen-bond donors (Lipinski definition) is 0. The average Bonchev–Trinajstić information content (AvgIpc) is 3.63. The van der Waals surface area contributed by atoms with E-state index in [1.807, 2.05) is 0 Å². The van der Waals surface area contributed by atoms with Crippen LogP contribution in [0.1, 0.15) is 100 Å². The molecule has 2 aliphatic rings. The summed E-state index contributed by atoms with van der Waals surface area (Å²) in [6.07, 6.45) is 0. The third-order valence-electron chi connectivity index (χ3n) is 13.1. The molecule has 60 heavy (non-hydrogen) atoms. The lowest BCUT2D eigenvalue weighted by Gasteiger charge is -2.35. The molecular formula is C60H56. The summed E-state index contributed by atoms with van der Waals surface area (Å²) in [6.45, 7) is 22.1. The first-order valence-corrected chi connectivity index (χ1v) is 21.6. The molecule has 0 aromatic heterocycles. The van der Waals surface area contributed by atoms with E-state index in [-0.39, 0.29) is 10.8 Å². The number of benzene rings is 8. The number of fused-ring (bicyclic) bond motifs is 6. The number of hydrogen-bond acceptors (Lipinski definition) is 0. The van der Waals surface area contributed by atoms with Gasteiger partial charge in [-0.2, -0.15) is 0 Å². The molecule has 0 spiro atoms. The smallest absolute Gasteiger partial charge is 0.0617 e. The second-order valence-corrected chi connectivity index (χ2v) is 18.2. The Labute approximate surface area is 358 Å². The van der Waals surface area contributed by atoms with Gasteiger partial charge in [0.05, 0.1) is 10.8 Å². The Balaban J connectivity index is 0.000000154. The maximum absolute atomic E-state index is 2.42. The summed E-state index contributed by atoms with van der Waals surface area (Å²) in [6, 6.07) is 60.2. The van der Waals surface area contributed by atoms with Crippen LogP contribution in [-0.4, -0.2) is 0 Å². The first kappa shape index (κ1) is 39.2. The molecule has 0 saturated heterocycles. The third kappa shape index (κ3) is 6.28. The van der Waals surface area contributed by atoms with Crippen molar-refractivity contribution in [3.8, 4) is 22.3 Å². The first-order chi connectivity index (χ1) is 28.8. The van der Waals surface area contributed by atoms with E-state index in [0.717, 1.165) is 0 Å². The lowest BCUT2D eigenvalue weighted by Crippen LogP contribution is -2.29. The fourth-order valence-corrected chi connectivity index (χ4v) is 10.8. The second-order valence-electron chi connectivity index (χ2n) is 18.2. The summed E-state index contributed by atoms with van der Waals surface area (Å²) in [5.41, 5.74) is 28.9. The Morgan fingerprint density at radius 1 is 0.217 bits per heavy atom. The van der Waals surface area contributed by atoms with Crippen molar-refractivity contribution in [2.24, 2.45) is 0 Å². The van der Waals surface area contributed by atoms with Gasteiger partial charge >= 0.3 is 0 Å². The monoisotopic (exact) mass is 776 g/mol. The Morgan fingerprint density at radius 3 is 0.750 bits per heavy atom. The van der Waals surface area contributed by atoms with E-state index in [1.165, 1.54) is 122 Å². The molecule has 0 saturated carbocycles. The van der Waals surface area contributed by atoms with Gasteiger partial charge in [-0.25, -0.2) is 0 Å².